The lowest BCUT2D eigenvalue weighted by Gasteiger charge is -2.36. The zero-order valence-electron chi connectivity index (χ0n) is 15.5. The lowest BCUT2D eigenvalue weighted by atomic mass is 10.0. The van der Waals surface area contributed by atoms with E-state index in [1.54, 1.807) is 48.2 Å². The smallest absolute Gasteiger partial charge is 0.258 e. The lowest BCUT2D eigenvalue weighted by Crippen LogP contribution is -2.46. The van der Waals surface area contributed by atoms with E-state index in [0.717, 1.165) is 0 Å². The molecular formula is C21H24N2O3. The predicted molar refractivity (Wildman–Crippen MR) is 105 cm³/mol. The Kier molecular flexibility index (Phi) is 5.50. The maximum Gasteiger partial charge on any atom is 0.258 e. The van der Waals surface area contributed by atoms with Gasteiger partial charge in [-0.05, 0) is 52.0 Å². The molecule has 2 N–H and O–H groups in total. The summed E-state index contributed by atoms with van der Waals surface area (Å²) in [5, 5.41) is 13.2. The normalized spacial score (nSPS) is 10.9. The van der Waals surface area contributed by atoms with E-state index in [0.29, 0.717) is 22.5 Å². The number of phenolic OH excluding ortho intramolecular Hbond substituents is 1. The van der Waals surface area contributed by atoms with Gasteiger partial charge >= 0.3 is 0 Å². The molecule has 136 valence electrons. The van der Waals surface area contributed by atoms with Crippen LogP contribution in [0.4, 0.5) is 11.4 Å². The number of aromatic hydroxyl groups is 1. The molecule has 0 bridgehead atoms. The predicted octanol–water partition coefficient (Wildman–Crippen LogP) is 4.35. The number of carbonyl (C=O) groups is 2. The highest BCUT2D eigenvalue weighted by molar-refractivity contribution is 6.08. The molecule has 2 aromatic rings. The van der Waals surface area contributed by atoms with Crippen LogP contribution in [0.25, 0.3) is 0 Å². The molecule has 0 fully saturated rings. The first-order valence-corrected chi connectivity index (χ1v) is 8.30. The molecule has 0 atom stereocenters. The largest absolute Gasteiger partial charge is 0.506 e. The molecule has 0 unspecified atom stereocenters. The molecule has 0 saturated carbocycles. The van der Waals surface area contributed by atoms with Gasteiger partial charge in [-0.1, -0.05) is 24.8 Å². The second kappa shape index (κ2) is 7.44. The minimum Gasteiger partial charge on any atom is -0.506 e. The lowest BCUT2D eigenvalue weighted by molar-refractivity contribution is -0.112. The van der Waals surface area contributed by atoms with Gasteiger partial charge in [0.15, 0.2) is 0 Å². The molecule has 0 radical (unpaired) electrons. The number of carbonyl (C=O) groups excluding carboxylic acids is 2. The second-order valence-electron chi connectivity index (χ2n) is 7.12. The molecule has 5 nitrogen and oxygen atoms in total. The maximum absolute atomic E-state index is 13.0. The third-order valence-corrected chi connectivity index (χ3v) is 3.76. The number of hydrogen-bond donors (Lipinski definition) is 2. The Morgan fingerprint density at radius 3 is 2.19 bits per heavy atom. The number of hydrogen-bond acceptors (Lipinski definition) is 3. The molecule has 2 amide bonds. The van der Waals surface area contributed by atoms with Gasteiger partial charge in [-0.25, -0.2) is 0 Å². The van der Waals surface area contributed by atoms with Gasteiger partial charge in [-0.15, -0.1) is 0 Å². The molecule has 0 aliphatic carbocycles. The van der Waals surface area contributed by atoms with Crippen LogP contribution in [0.5, 0.6) is 5.75 Å². The average Bonchev–Trinajstić information content (AvgIpc) is 2.56. The van der Waals surface area contributed by atoms with Crippen molar-refractivity contribution in [3.05, 3.63) is 66.2 Å². The first-order chi connectivity index (χ1) is 12.1. The molecule has 0 spiro atoms. The molecule has 0 heterocycles. The maximum atomic E-state index is 13.0. The molecule has 0 aliphatic rings. The fourth-order valence-corrected chi connectivity index (χ4v) is 2.51. The summed E-state index contributed by atoms with van der Waals surface area (Å²) in [7, 11) is 0. The number of nitrogens with zero attached hydrogens (tertiary/aromatic N) is 1. The summed E-state index contributed by atoms with van der Waals surface area (Å²) >= 11 is 0. The zero-order chi connectivity index (χ0) is 19.5. The molecule has 0 aliphatic heterocycles. The average molecular weight is 352 g/mol. The van der Waals surface area contributed by atoms with Crippen LogP contribution in [-0.4, -0.2) is 22.5 Å². The minimum absolute atomic E-state index is 0.0938. The Morgan fingerprint density at radius 2 is 1.69 bits per heavy atom. The van der Waals surface area contributed by atoms with E-state index < -0.39 is 5.54 Å². The van der Waals surface area contributed by atoms with E-state index in [1.165, 1.54) is 6.07 Å². The highest BCUT2D eigenvalue weighted by Crippen LogP contribution is 2.35. The first-order valence-electron chi connectivity index (χ1n) is 8.30. The van der Waals surface area contributed by atoms with Gasteiger partial charge in [-0.3, -0.25) is 14.5 Å². The molecular weight excluding hydrogens is 328 g/mol. The summed E-state index contributed by atoms with van der Waals surface area (Å²) in [6, 6.07) is 13.6. The van der Waals surface area contributed by atoms with Crippen LogP contribution >= 0.6 is 0 Å². The van der Waals surface area contributed by atoms with Crippen LogP contribution in [0.2, 0.25) is 0 Å². The van der Waals surface area contributed by atoms with E-state index in [2.05, 4.69) is 11.9 Å². The fraction of sp³-hybridized carbons (Fsp3) is 0.238. The van der Waals surface area contributed by atoms with Crippen LogP contribution in [0.15, 0.2) is 60.7 Å². The summed E-state index contributed by atoms with van der Waals surface area (Å²) in [5.41, 5.74) is 1.14. The first kappa shape index (κ1) is 19.2. The summed E-state index contributed by atoms with van der Waals surface area (Å²) < 4.78 is 0. The summed E-state index contributed by atoms with van der Waals surface area (Å²) in [6.07, 6.45) is 0. The molecule has 26 heavy (non-hydrogen) atoms. The molecule has 2 rings (SSSR count). The van der Waals surface area contributed by atoms with Crippen LogP contribution in [-0.2, 0) is 4.79 Å². The van der Waals surface area contributed by atoms with Crippen LogP contribution in [0.3, 0.4) is 0 Å². The van der Waals surface area contributed by atoms with Crippen molar-refractivity contribution < 1.29 is 14.7 Å². The monoisotopic (exact) mass is 352 g/mol. The summed E-state index contributed by atoms with van der Waals surface area (Å²) in [4.78, 5) is 26.3. The van der Waals surface area contributed by atoms with Crippen molar-refractivity contribution in [1.82, 2.24) is 0 Å². The van der Waals surface area contributed by atoms with E-state index in [1.807, 2.05) is 26.8 Å². The molecule has 2 aromatic carbocycles. The SMILES string of the molecule is C=C(C)C(=O)Nc1ccc(N(C(=O)c2ccccc2)C(C)(C)C)c(O)c1. The van der Waals surface area contributed by atoms with Crippen molar-refractivity contribution in [3.63, 3.8) is 0 Å². The zero-order valence-corrected chi connectivity index (χ0v) is 15.5. The Bertz CT molecular complexity index is 836. The molecule has 0 saturated heterocycles. The van der Waals surface area contributed by atoms with E-state index in [9.17, 15) is 14.7 Å². The fourth-order valence-electron chi connectivity index (χ4n) is 2.51. The highest BCUT2D eigenvalue weighted by atomic mass is 16.3. The topological polar surface area (TPSA) is 69.6 Å². The number of rotatable bonds is 4. The Labute approximate surface area is 154 Å². The van der Waals surface area contributed by atoms with Gasteiger partial charge < -0.3 is 10.4 Å². The number of nitrogens with one attached hydrogen (secondary N) is 1. The van der Waals surface area contributed by atoms with E-state index >= 15 is 0 Å². The molecule has 0 aromatic heterocycles. The Hall–Kier alpha value is -3.08. The van der Waals surface area contributed by atoms with Crippen molar-refractivity contribution >= 4 is 23.2 Å². The third kappa shape index (κ3) is 4.30. The number of benzene rings is 2. The van der Waals surface area contributed by atoms with E-state index in [4.69, 9.17) is 0 Å². The van der Waals surface area contributed by atoms with Gasteiger partial charge in [0.05, 0.1) is 5.69 Å². The Balaban J connectivity index is 2.42. The van der Waals surface area contributed by atoms with Crippen LogP contribution in [0, 0.1) is 0 Å². The number of amides is 2. The van der Waals surface area contributed by atoms with Gasteiger partial charge in [0.1, 0.15) is 5.75 Å². The summed E-state index contributed by atoms with van der Waals surface area (Å²) in [6.45, 7) is 10.9. The number of anilines is 2. The van der Waals surface area contributed by atoms with Gasteiger partial charge in [-0.2, -0.15) is 0 Å². The molecule has 5 heteroatoms. The number of phenols is 1. The highest BCUT2D eigenvalue weighted by Gasteiger charge is 2.30. The minimum atomic E-state index is -0.563. The van der Waals surface area contributed by atoms with Crippen molar-refractivity contribution in [2.75, 3.05) is 10.2 Å². The van der Waals surface area contributed by atoms with Crippen molar-refractivity contribution in [1.29, 1.82) is 0 Å². The quantitative estimate of drug-likeness (QED) is 0.804. The van der Waals surface area contributed by atoms with Crippen molar-refractivity contribution in [2.24, 2.45) is 0 Å². The van der Waals surface area contributed by atoms with Gasteiger partial charge in [0.25, 0.3) is 11.8 Å². The third-order valence-electron chi connectivity index (χ3n) is 3.76. The van der Waals surface area contributed by atoms with Crippen LogP contribution < -0.4 is 10.2 Å². The van der Waals surface area contributed by atoms with Crippen molar-refractivity contribution in [2.45, 2.75) is 33.2 Å². The van der Waals surface area contributed by atoms with Gasteiger partial charge in [0.2, 0.25) is 0 Å². The summed E-state index contributed by atoms with van der Waals surface area (Å²) in [5.74, 6) is -0.638. The Morgan fingerprint density at radius 1 is 1.08 bits per heavy atom. The van der Waals surface area contributed by atoms with Gasteiger partial charge in [0, 0.05) is 28.4 Å². The van der Waals surface area contributed by atoms with Crippen LogP contribution in [0.1, 0.15) is 38.1 Å². The second-order valence-corrected chi connectivity index (χ2v) is 7.12. The van der Waals surface area contributed by atoms with E-state index in [-0.39, 0.29) is 17.6 Å². The van der Waals surface area contributed by atoms with Crippen molar-refractivity contribution in [3.8, 4) is 5.75 Å². The standard InChI is InChI=1S/C21H24N2O3/c1-14(2)19(25)22-16-11-12-17(18(24)13-16)23(21(3,4)5)20(26)15-9-7-6-8-10-15/h6-13,24H,1H2,2-5H3,(H,22,25).